The lowest BCUT2D eigenvalue weighted by Gasteiger charge is -2.13. The molecule has 0 aliphatic rings. The Morgan fingerprint density at radius 3 is 2.71 bits per heavy atom. The molecule has 0 radical (unpaired) electrons. The van der Waals surface area contributed by atoms with Crippen LogP contribution in [-0.2, 0) is 0 Å². The van der Waals surface area contributed by atoms with Crippen molar-refractivity contribution in [1.82, 2.24) is 10.3 Å². The Morgan fingerprint density at radius 1 is 1.15 bits per heavy atom. The molecule has 8 heteroatoms. The number of phenols is 1. The molecule has 3 aromatic carbocycles. The number of aromatic nitrogens is 1. The summed E-state index contributed by atoms with van der Waals surface area (Å²) < 4.78 is 6.74. The number of nitrogens with zero attached hydrogens (tertiary/aromatic N) is 1. The maximum absolute atomic E-state index is 12.7. The van der Waals surface area contributed by atoms with Gasteiger partial charge in [0.05, 0.1) is 22.4 Å². The number of benzene rings is 3. The van der Waals surface area contributed by atoms with Crippen molar-refractivity contribution in [2.75, 3.05) is 11.9 Å². The van der Waals surface area contributed by atoms with Crippen molar-refractivity contribution in [2.24, 2.45) is 5.92 Å². The number of para-hydroxylation sites is 1. The second-order valence-electron chi connectivity index (χ2n) is 8.32. The number of hydrogen-bond acceptors (Lipinski definition) is 6. The van der Waals surface area contributed by atoms with Crippen LogP contribution < -0.4 is 15.4 Å². The molecule has 1 heterocycles. The number of thiocarbonyl (C=S) groups is 1. The molecule has 0 fully saturated rings. The largest absolute Gasteiger partial charge is 0.507 e. The van der Waals surface area contributed by atoms with Gasteiger partial charge in [-0.2, -0.15) is 0 Å². The van der Waals surface area contributed by atoms with E-state index in [0.29, 0.717) is 45.7 Å². The standard InChI is InChI=1S/C26H25N3O3S2/c1-15(2)14-32-19-8-6-7-17(12-19)24(31)29-26(33)27-18-11-16(3)23(30)20(13-18)25-28-21-9-4-5-10-22(21)34-25/h4-13,15,30H,14H2,1-3H3,(H2,27,29,31,33). The molecule has 34 heavy (non-hydrogen) atoms. The number of thiazole rings is 1. The molecule has 0 saturated heterocycles. The fourth-order valence-corrected chi connectivity index (χ4v) is 4.52. The van der Waals surface area contributed by atoms with E-state index in [1.165, 1.54) is 11.3 Å². The third-order valence-corrected chi connectivity index (χ3v) is 6.26. The van der Waals surface area contributed by atoms with Crippen molar-refractivity contribution in [3.63, 3.8) is 0 Å². The summed E-state index contributed by atoms with van der Waals surface area (Å²) in [4.78, 5) is 17.3. The van der Waals surface area contributed by atoms with Crippen molar-refractivity contribution in [2.45, 2.75) is 20.8 Å². The van der Waals surface area contributed by atoms with Crippen LogP contribution in [0.5, 0.6) is 11.5 Å². The van der Waals surface area contributed by atoms with E-state index >= 15 is 0 Å². The second-order valence-corrected chi connectivity index (χ2v) is 9.76. The number of ether oxygens (including phenoxy) is 1. The van der Waals surface area contributed by atoms with Crippen molar-refractivity contribution >= 4 is 50.5 Å². The van der Waals surface area contributed by atoms with Crippen molar-refractivity contribution in [1.29, 1.82) is 0 Å². The number of aromatic hydroxyl groups is 1. The van der Waals surface area contributed by atoms with Crippen LogP contribution in [0.3, 0.4) is 0 Å². The molecule has 174 valence electrons. The number of hydrogen-bond donors (Lipinski definition) is 3. The first-order chi connectivity index (χ1) is 16.3. The number of carbonyl (C=O) groups is 1. The molecule has 0 aliphatic carbocycles. The summed E-state index contributed by atoms with van der Waals surface area (Å²) in [5, 5.41) is 17.3. The van der Waals surface area contributed by atoms with Gasteiger partial charge in [-0.3, -0.25) is 10.1 Å². The van der Waals surface area contributed by atoms with E-state index in [-0.39, 0.29) is 16.8 Å². The number of amides is 1. The van der Waals surface area contributed by atoms with Gasteiger partial charge in [0.15, 0.2) is 5.11 Å². The molecule has 1 amide bonds. The van der Waals surface area contributed by atoms with Crippen LogP contribution in [0.15, 0.2) is 60.7 Å². The summed E-state index contributed by atoms with van der Waals surface area (Å²) in [6, 6.07) is 18.4. The molecule has 6 nitrogen and oxygen atoms in total. The summed E-state index contributed by atoms with van der Waals surface area (Å²) in [7, 11) is 0. The van der Waals surface area contributed by atoms with E-state index in [0.717, 1.165) is 10.2 Å². The maximum atomic E-state index is 12.7. The number of phenolic OH excluding ortho intramolecular Hbond substituents is 1. The van der Waals surface area contributed by atoms with Crippen LogP contribution in [-0.4, -0.2) is 27.7 Å². The summed E-state index contributed by atoms with van der Waals surface area (Å²) in [6.07, 6.45) is 0. The molecule has 0 unspecified atom stereocenters. The Hall–Kier alpha value is -3.49. The van der Waals surface area contributed by atoms with Crippen LogP contribution in [0, 0.1) is 12.8 Å². The highest BCUT2D eigenvalue weighted by Gasteiger charge is 2.15. The Morgan fingerprint density at radius 2 is 1.94 bits per heavy atom. The highest BCUT2D eigenvalue weighted by Crippen LogP contribution is 2.38. The number of fused-ring (bicyclic) bond motifs is 1. The smallest absolute Gasteiger partial charge is 0.257 e. The minimum absolute atomic E-state index is 0.152. The molecule has 0 spiro atoms. The van der Waals surface area contributed by atoms with Gasteiger partial charge in [-0.25, -0.2) is 4.98 Å². The van der Waals surface area contributed by atoms with E-state index in [1.54, 1.807) is 30.3 Å². The summed E-state index contributed by atoms with van der Waals surface area (Å²) >= 11 is 6.87. The zero-order valence-corrected chi connectivity index (χ0v) is 20.7. The third-order valence-electron chi connectivity index (χ3n) is 4.99. The third kappa shape index (κ3) is 5.52. The lowest BCUT2D eigenvalue weighted by Crippen LogP contribution is -2.34. The first-order valence-electron chi connectivity index (χ1n) is 10.8. The number of anilines is 1. The van der Waals surface area contributed by atoms with Gasteiger partial charge in [-0.05, 0) is 73.1 Å². The molecular weight excluding hydrogens is 466 g/mol. The quantitative estimate of drug-likeness (QED) is 0.222. The molecule has 4 aromatic rings. The van der Waals surface area contributed by atoms with Gasteiger partial charge in [0.25, 0.3) is 5.91 Å². The monoisotopic (exact) mass is 491 g/mol. The number of aryl methyl sites for hydroxylation is 1. The first-order valence-corrected chi connectivity index (χ1v) is 12.1. The summed E-state index contributed by atoms with van der Waals surface area (Å²) in [6.45, 7) is 6.51. The SMILES string of the molecule is Cc1cc(NC(=S)NC(=O)c2cccc(OCC(C)C)c2)cc(-c2nc3ccccc3s2)c1O. The topological polar surface area (TPSA) is 83.5 Å². The summed E-state index contributed by atoms with van der Waals surface area (Å²) in [5.41, 5.74) is 3.24. The van der Waals surface area contributed by atoms with E-state index in [2.05, 4.69) is 29.5 Å². The number of nitrogens with one attached hydrogen (secondary N) is 2. The van der Waals surface area contributed by atoms with Gasteiger partial charge < -0.3 is 15.2 Å². The van der Waals surface area contributed by atoms with Gasteiger partial charge >= 0.3 is 0 Å². The molecule has 0 bridgehead atoms. The van der Waals surface area contributed by atoms with Crippen LogP contribution in [0.2, 0.25) is 0 Å². The Balaban J connectivity index is 1.49. The highest BCUT2D eigenvalue weighted by molar-refractivity contribution is 7.80. The average Bonchev–Trinajstić information content (AvgIpc) is 3.24. The van der Waals surface area contributed by atoms with E-state index in [4.69, 9.17) is 17.0 Å². The van der Waals surface area contributed by atoms with Crippen LogP contribution >= 0.6 is 23.6 Å². The zero-order chi connectivity index (χ0) is 24.2. The number of rotatable bonds is 6. The van der Waals surface area contributed by atoms with Crippen molar-refractivity contribution < 1.29 is 14.6 Å². The predicted molar refractivity (Wildman–Crippen MR) is 142 cm³/mol. The van der Waals surface area contributed by atoms with Gasteiger partial charge in [0.1, 0.15) is 16.5 Å². The molecule has 1 aromatic heterocycles. The number of carbonyl (C=O) groups excluding carboxylic acids is 1. The van der Waals surface area contributed by atoms with Crippen molar-refractivity contribution in [3.8, 4) is 22.1 Å². The minimum atomic E-state index is -0.339. The van der Waals surface area contributed by atoms with E-state index < -0.39 is 0 Å². The Kier molecular flexibility index (Phi) is 7.09. The lowest BCUT2D eigenvalue weighted by molar-refractivity contribution is 0.0977. The average molecular weight is 492 g/mol. The van der Waals surface area contributed by atoms with Gasteiger partial charge in [-0.1, -0.05) is 32.0 Å². The predicted octanol–water partition coefficient (Wildman–Crippen LogP) is 6.14. The minimum Gasteiger partial charge on any atom is -0.507 e. The Labute approximate surface area is 207 Å². The van der Waals surface area contributed by atoms with Crippen LogP contribution in [0.25, 0.3) is 20.8 Å². The van der Waals surface area contributed by atoms with E-state index in [1.807, 2.05) is 37.3 Å². The fourth-order valence-electron chi connectivity index (χ4n) is 3.33. The zero-order valence-electron chi connectivity index (χ0n) is 19.1. The van der Waals surface area contributed by atoms with Gasteiger partial charge in [0.2, 0.25) is 0 Å². The summed E-state index contributed by atoms with van der Waals surface area (Å²) in [5.74, 6) is 0.845. The fraction of sp³-hybridized carbons (Fsp3) is 0.192. The lowest BCUT2D eigenvalue weighted by atomic mass is 10.1. The maximum Gasteiger partial charge on any atom is 0.257 e. The second kappa shape index (κ2) is 10.2. The van der Waals surface area contributed by atoms with Crippen LogP contribution in [0.1, 0.15) is 29.8 Å². The normalized spacial score (nSPS) is 10.9. The molecular formula is C26H25N3O3S2. The van der Waals surface area contributed by atoms with Crippen LogP contribution in [0.4, 0.5) is 5.69 Å². The van der Waals surface area contributed by atoms with Gasteiger partial charge in [-0.15, -0.1) is 11.3 Å². The van der Waals surface area contributed by atoms with Crippen molar-refractivity contribution in [3.05, 3.63) is 71.8 Å². The molecule has 0 aliphatic heterocycles. The van der Waals surface area contributed by atoms with E-state index in [9.17, 15) is 9.90 Å². The molecule has 0 atom stereocenters. The highest BCUT2D eigenvalue weighted by atomic mass is 32.1. The molecule has 3 N–H and O–H groups in total. The molecule has 4 rings (SSSR count). The Bertz CT molecular complexity index is 1330. The van der Waals surface area contributed by atoms with Gasteiger partial charge in [0, 0.05) is 11.3 Å². The molecule has 0 saturated carbocycles. The first kappa shape index (κ1) is 23.7.